The summed E-state index contributed by atoms with van der Waals surface area (Å²) in [6.07, 6.45) is 0. The zero-order chi connectivity index (χ0) is 11.9. The Hall–Kier alpha value is 0.110. The summed E-state index contributed by atoms with van der Waals surface area (Å²) in [4.78, 5) is 0. The van der Waals surface area contributed by atoms with Gasteiger partial charge in [-0.25, -0.2) is 0 Å². The van der Waals surface area contributed by atoms with Gasteiger partial charge >= 0.3 is 0 Å². The van der Waals surface area contributed by atoms with Crippen molar-refractivity contribution >= 4 is 35.0 Å². The van der Waals surface area contributed by atoms with E-state index in [1.165, 1.54) is 0 Å². The second-order valence-electron chi connectivity index (χ2n) is 4.47. The Kier molecular flexibility index (Phi) is 3.75. The van der Waals surface area contributed by atoms with Crippen molar-refractivity contribution in [3.05, 3.63) is 33.3 Å². The summed E-state index contributed by atoms with van der Waals surface area (Å²) in [6, 6.07) is 3.92. The molecule has 1 aliphatic heterocycles. The molecule has 0 aliphatic carbocycles. The van der Waals surface area contributed by atoms with Crippen LogP contribution in [-0.4, -0.2) is 5.25 Å². The summed E-state index contributed by atoms with van der Waals surface area (Å²) in [6.45, 7) is 4.42. The van der Waals surface area contributed by atoms with E-state index >= 15 is 0 Å². The van der Waals surface area contributed by atoms with E-state index in [2.05, 4.69) is 13.8 Å². The molecule has 2 atom stereocenters. The van der Waals surface area contributed by atoms with E-state index < -0.39 is 0 Å². The maximum absolute atomic E-state index is 6.29. The van der Waals surface area contributed by atoms with Gasteiger partial charge in [-0.15, -0.1) is 0 Å². The molecule has 0 spiro atoms. The monoisotopic (exact) mass is 275 g/mol. The van der Waals surface area contributed by atoms with Crippen molar-refractivity contribution in [2.45, 2.75) is 30.9 Å². The lowest BCUT2D eigenvalue weighted by Gasteiger charge is -2.33. The Bertz CT molecular complexity index is 406. The molecule has 2 N–H and O–H groups in total. The molecule has 0 bridgehead atoms. The van der Waals surface area contributed by atoms with E-state index in [1.54, 1.807) is 0 Å². The molecule has 0 amide bonds. The Morgan fingerprint density at radius 2 is 2.06 bits per heavy atom. The van der Waals surface area contributed by atoms with Crippen molar-refractivity contribution in [1.29, 1.82) is 0 Å². The third-order valence-corrected chi connectivity index (χ3v) is 5.54. The number of halogens is 2. The second kappa shape index (κ2) is 4.77. The number of hydrogen-bond donors (Lipinski definition) is 1. The van der Waals surface area contributed by atoms with E-state index in [0.717, 1.165) is 16.9 Å². The molecule has 0 radical (unpaired) electrons. The zero-order valence-electron chi connectivity index (χ0n) is 9.34. The van der Waals surface area contributed by atoms with Crippen LogP contribution in [0.5, 0.6) is 0 Å². The van der Waals surface area contributed by atoms with Crippen LogP contribution in [0.25, 0.3) is 0 Å². The average molecular weight is 276 g/mol. The van der Waals surface area contributed by atoms with Crippen LogP contribution in [0.4, 0.5) is 0 Å². The van der Waals surface area contributed by atoms with Gasteiger partial charge < -0.3 is 5.73 Å². The first kappa shape index (κ1) is 12.6. The van der Waals surface area contributed by atoms with Crippen LogP contribution >= 0.6 is 35.0 Å². The van der Waals surface area contributed by atoms with Gasteiger partial charge in [-0.1, -0.05) is 43.1 Å². The zero-order valence-corrected chi connectivity index (χ0v) is 11.7. The molecule has 1 heterocycles. The number of nitrogens with two attached hydrogens (primary N) is 1. The Morgan fingerprint density at radius 1 is 1.38 bits per heavy atom. The highest BCUT2D eigenvalue weighted by molar-refractivity contribution is 7.99. The van der Waals surface area contributed by atoms with Crippen molar-refractivity contribution in [2.75, 3.05) is 0 Å². The van der Waals surface area contributed by atoms with Gasteiger partial charge in [-0.3, -0.25) is 0 Å². The van der Waals surface area contributed by atoms with E-state index in [0.29, 0.717) is 21.2 Å². The summed E-state index contributed by atoms with van der Waals surface area (Å²) < 4.78 is 0. The highest BCUT2D eigenvalue weighted by Gasteiger charge is 2.30. The molecule has 0 saturated heterocycles. The van der Waals surface area contributed by atoms with Gasteiger partial charge in [-0.05, 0) is 23.1 Å². The van der Waals surface area contributed by atoms with Crippen molar-refractivity contribution in [1.82, 2.24) is 0 Å². The molecule has 4 heteroatoms. The molecule has 0 aromatic heterocycles. The van der Waals surface area contributed by atoms with Crippen LogP contribution < -0.4 is 5.73 Å². The fraction of sp³-hybridized carbons (Fsp3) is 0.500. The Labute approximate surface area is 111 Å². The number of thioether (sulfide) groups is 1. The van der Waals surface area contributed by atoms with Crippen LogP contribution in [0.2, 0.25) is 10.0 Å². The fourth-order valence-corrected chi connectivity index (χ4v) is 4.04. The van der Waals surface area contributed by atoms with Crippen molar-refractivity contribution in [3.63, 3.8) is 0 Å². The lowest BCUT2D eigenvalue weighted by Crippen LogP contribution is -2.32. The molecule has 88 valence electrons. The summed E-state index contributed by atoms with van der Waals surface area (Å²) in [5, 5.41) is 1.75. The quantitative estimate of drug-likeness (QED) is 0.829. The fourth-order valence-electron chi connectivity index (χ4n) is 2.13. The molecule has 16 heavy (non-hydrogen) atoms. The molecule has 1 aromatic carbocycles. The molecule has 1 nitrogen and oxygen atoms in total. The second-order valence-corrected chi connectivity index (χ2v) is 6.43. The van der Waals surface area contributed by atoms with Crippen molar-refractivity contribution in [2.24, 2.45) is 11.7 Å². The molecule has 0 fully saturated rings. The summed E-state index contributed by atoms with van der Waals surface area (Å²) in [5.74, 6) is 1.48. The van der Waals surface area contributed by atoms with Crippen molar-refractivity contribution in [3.8, 4) is 0 Å². The number of benzene rings is 1. The molecule has 1 aromatic rings. The third kappa shape index (κ3) is 2.08. The predicted octanol–water partition coefficient (Wildman–Crippen LogP) is 4.26. The Balaban J connectivity index is 2.43. The highest BCUT2D eigenvalue weighted by Crippen LogP contribution is 2.43. The van der Waals surface area contributed by atoms with Crippen LogP contribution in [-0.2, 0) is 5.75 Å². The van der Waals surface area contributed by atoms with Crippen LogP contribution in [0.1, 0.15) is 31.0 Å². The molecule has 1 aliphatic rings. The van der Waals surface area contributed by atoms with E-state index in [9.17, 15) is 0 Å². The lowest BCUT2D eigenvalue weighted by molar-refractivity contribution is 0.520. The first-order valence-electron chi connectivity index (χ1n) is 5.36. The van der Waals surface area contributed by atoms with Gasteiger partial charge in [0.05, 0.1) is 10.0 Å². The van der Waals surface area contributed by atoms with Crippen LogP contribution in [0.3, 0.4) is 0 Å². The van der Waals surface area contributed by atoms with Gasteiger partial charge in [0, 0.05) is 17.0 Å². The minimum atomic E-state index is 0.0588. The summed E-state index contributed by atoms with van der Waals surface area (Å²) in [7, 11) is 0. The minimum Gasteiger partial charge on any atom is -0.323 e. The van der Waals surface area contributed by atoms with Crippen molar-refractivity contribution < 1.29 is 0 Å². The average Bonchev–Trinajstić information content (AvgIpc) is 2.23. The first-order valence-corrected chi connectivity index (χ1v) is 7.16. The van der Waals surface area contributed by atoms with Crippen LogP contribution in [0.15, 0.2) is 12.1 Å². The normalized spacial score (nSPS) is 24.6. The number of fused-ring (bicyclic) bond motifs is 1. The minimum absolute atomic E-state index is 0.0588. The molecule has 0 saturated carbocycles. The van der Waals surface area contributed by atoms with Gasteiger partial charge in [0.2, 0.25) is 0 Å². The SMILES string of the molecule is CC(C)C1SCc2c(ccc(Cl)c2Cl)C1N. The maximum Gasteiger partial charge on any atom is 0.0636 e. The standard InChI is InChI=1S/C12H15Cl2NS/c1-6(2)12-11(15)7-3-4-9(13)10(14)8(7)5-16-12/h3-4,6,11-12H,5,15H2,1-2H3. The molecular weight excluding hydrogens is 261 g/mol. The summed E-state index contributed by atoms with van der Waals surface area (Å²) >= 11 is 14.1. The van der Waals surface area contributed by atoms with Gasteiger partial charge in [0.1, 0.15) is 0 Å². The third-order valence-electron chi connectivity index (χ3n) is 3.02. The van der Waals surface area contributed by atoms with Gasteiger partial charge in [0.15, 0.2) is 0 Å². The lowest BCUT2D eigenvalue weighted by atomic mass is 9.93. The Morgan fingerprint density at radius 3 is 2.69 bits per heavy atom. The van der Waals surface area contributed by atoms with Gasteiger partial charge in [-0.2, -0.15) is 11.8 Å². The summed E-state index contributed by atoms with van der Waals surface area (Å²) in [5.41, 5.74) is 8.56. The first-order chi connectivity index (χ1) is 7.52. The maximum atomic E-state index is 6.29. The van der Waals surface area contributed by atoms with E-state index in [-0.39, 0.29) is 6.04 Å². The van der Waals surface area contributed by atoms with Gasteiger partial charge in [0.25, 0.3) is 0 Å². The topological polar surface area (TPSA) is 26.0 Å². The smallest absolute Gasteiger partial charge is 0.0636 e. The number of rotatable bonds is 1. The molecule has 2 unspecified atom stereocenters. The largest absolute Gasteiger partial charge is 0.323 e. The highest BCUT2D eigenvalue weighted by atomic mass is 35.5. The number of hydrogen-bond acceptors (Lipinski definition) is 2. The van der Waals surface area contributed by atoms with Crippen LogP contribution in [0, 0.1) is 5.92 Å². The molecular formula is C12H15Cl2NS. The van der Waals surface area contributed by atoms with E-state index in [4.69, 9.17) is 28.9 Å². The van der Waals surface area contributed by atoms with E-state index in [1.807, 2.05) is 23.9 Å². The molecule has 2 rings (SSSR count). The predicted molar refractivity (Wildman–Crippen MR) is 73.3 cm³/mol.